The van der Waals surface area contributed by atoms with Crippen LogP contribution in [0.25, 0.3) is 0 Å². The van der Waals surface area contributed by atoms with Crippen LogP contribution < -0.4 is 4.90 Å². The summed E-state index contributed by atoms with van der Waals surface area (Å²) < 4.78 is 39.5. The van der Waals surface area contributed by atoms with Gasteiger partial charge >= 0.3 is 6.18 Å². The Labute approximate surface area is 151 Å². The first kappa shape index (κ1) is 18.9. The van der Waals surface area contributed by atoms with Crippen molar-refractivity contribution in [2.45, 2.75) is 6.18 Å². The van der Waals surface area contributed by atoms with Crippen molar-refractivity contribution in [3.8, 4) is 0 Å². The molecule has 2 fully saturated rings. The molecule has 1 aromatic rings. The first-order valence-electron chi connectivity index (χ1n) is 8.80. The van der Waals surface area contributed by atoms with E-state index in [0.717, 1.165) is 32.2 Å². The van der Waals surface area contributed by atoms with Crippen LogP contribution >= 0.6 is 0 Å². The number of anilines is 1. The summed E-state index contributed by atoms with van der Waals surface area (Å²) in [7, 11) is 2.06. The summed E-state index contributed by atoms with van der Waals surface area (Å²) in [5.74, 6) is -0.00237. The number of carbonyl (C=O) groups excluding carboxylic acids is 1. The summed E-state index contributed by atoms with van der Waals surface area (Å²) >= 11 is 0. The van der Waals surface area contributed by atoms with Crippen molar-refractivity contribution < 1.29 is 18.0 Å². The molecule has 0 aliphatic carbocycles. The van der Waals surface area contributed by atoms with E-state index in [1.807, 2.05) is 0 Å². The molecule has 1 aromatic heterocycles. The maximum atomic E-state index is 13.2. The Morgan fingerprint density at radius 3 is 2.35 bits per heavy atom. The molecule has 2 aliphatic rings. The highest BCUT2D eigenvalue weighted by molar-refractivity contribution is 5.78. The van der Waals surface area contributed by atoms with Crippen molar-refractivity contribution in [3.05, 3.63) is 23.9 Å². The Bertz CT molecular complexity index is 623. The van der Waals surface area contributed by atoms with Gasteiger partial charge in [-0.2, -0.15) is 13.2 Å². The minimum atomic E-state index is -4.43. The Hall–Kier alpha value is -1.87. The van der Waals surface area contributed by atoms with Crippen LogP contribution in [0.15, 0.2) is 18.3 Å². The quantitative estimate of drug-likeness (QED) is 0.793. The monoisotopic (exact) mass is 371 g/mol. The second-order valence-corrected chi connectivity index (χ2v) is 6.82. The fourth-order valence-corrected chi connectivity index (χ4v) is 3.34. The van der Waals surface area contributed by atoms with E-state index in [-0.39, 0.29) is 11.7 Å². The standard InChI is InChI=1S/C17H24F3N5O/c1-22-5-7-23(8-6-22)13-15(26)24-9-11-25(12-10-24)16-14(17(18,19)20)3-2-4-21-16/h2-4H,5-13H2,1H3. The number of rotatable bonds is 3. The second kappa shape index (κ2) is 7.79. The molecule has 0 atom stereocenters. The van der Waals surface area contributed by atoms with Gasteiger partial charge in [0.25, 0.3) is 0 Å². The van der Waals surface area contributed by atoms with E-state index in [1.165, 1.54) is 12.3 Å². The fourth-order valence-electron chi connectivity index (χ4n) is 3.34. The Morgan fingerprint density at radius 1 is 1.08 bits per heavy atom. The van der Waals surface area contributed by atoms with Gasteiger partial charge in [0, 0.05) is 58.6 Å². The van der Waals surface area contributed by atoms with E-state index in [9.17, 15) is 18.0 Å². The number of hydrogen-bond donors (Lipinski definition) is 0. The Balaban J connectivity index is 1.55. The molecular weight excluding hydrogens is 347 g/mol. The second-order valence-electron chi connectivity index (χ2n) is 6.82. The number of halogens is 3. The minimum Gasteiger partial charge on any atom is -0.353 e. The van der Waals surface area contributed by atoms with Crippen molar-refractivity contribution in [1.82, 2.24) is 19.7 Å². The lowest BCUT2D eigenvalue weighted by Gasteiger charge is -2.38. The van der Waals surface area contributed by atoms with Gasteiger partial charge in [0.1, 0.15) is 5.82 Å². The molecule has 26 heavy (non-hydrogen) atoms. The topological polar surface area (TPSA) is 42.9 Å². The SMILES string of the molecule is CN1CCN(CC(=O)N2CCN(c3ncccc3C(F)(F)F)CC2)CC1. The highest BCUT2D eigenvalue weighted by Gasteiger charge is 2.36. The molecule has 1 amide bonds. The first-order chi connectivity index (χ1) is 12.3. The summed E-state index contributed by atoms with van der Waals surface area (Å²) in [4.78, 5) is 24.1. The summed E-state index contributed by atoms with van der Waals surface area (Å²) in [6.07, 6.45) is -3.06. The third-order valence-corrected chi connectivity index (χ3v) is 4.98. The largest absolute Gasteiger partial charge is 0.419 e. The maximum absolute atomic E-state index is 13.2. The van der Waals surface area contributed by atoms with Crippen LogP contribution in [0.3, 0.4) is 0 Å². The zero-order chi connectivity index (χ0) is 18.7. The van der Waals surface area contributed by atoms with E-state index in [1.54, 1.807) is 9.80 Å². The van der Waals surface area contributed by atoms with Gasteiger partial charge < -0.3 is 14.7 Å². The van der Waals surface area contributed by atoms with Crippen LogP contribution in [0.4, 0.5) is 19.0 Å². The lowest BCUT2D eigenvalue weighted by atomic mass is 10.2. The molecule has 144 valence electrons. The smallest absolute Gasteiger partial charge is 0.353 e. The van der Waals surface area contributed by atoms with Gasteiger partial charge in [-0.1, -0.05) is 0 Å². The number of pyridine rings is 1. The summed E-state index contributed by atoms with van der Waals surface area (Å²) in [6, 6.07) is 2.34. The van der Waals surface area contributed by atoms with E-state index in [2.05, 4.69) is 21.8 Å². The zero-order valence-electron chi connectivity index (χ0n) is 14.9. The summed E-state index contributed by atoms with van der Waals surface area (Å²) in [5, 5.41) is 0. The Kier molecular flexibility index (Phi) is 5.67. The van der Waals surface area contributed by atoms with Crippen LogP contribution in [0.2, 0.25) is 0 Å². The summed E-state index contributed by atoms with van der Waals surface area (Å²) in [6.45, 7) is 5.55. The van der Waals surface area contributed by atoms with Crippen molar-refractivity contribution in [2.75, 3.05) is 70.9 Å². The van der Waals surface area contributed by atoms with Gasteiger partial charge in [-0.25, -0.2) is 4.98 Å². The molecule has 0 bridgehead atoms. The van der Waals surface area contributed by atoms with E-state index in [0.29, 0.717) is 32.7 Å². The summed E-state index contributed by atoms with van der Waals surface area (Å²) in [5.41, 5.74) is -0.725. The Morgan fingerprint density at radius 2 is 1.73 bits per heavy atom. The molecule has 0 saturated carbocycles. The molecule has 0 unspecified atom stereocenters. The highest BCUT2D eigenvalue weighted by Crippen LogP contribution is 2.35. The molecule has 2 saturated heterocycles. The van der Waals surface area contributed by atoms with E-state index < -0.39 is 11.7 Å². The van der Waals surface area contributed by atoms with Crippen molar-refractivity contribution in [2.24, 2.45) is 0 Å². The molecule has 0 aromatic carbocycles. The maximum Gasteiger partial charge on any atom is 0.419 e. The number of piperazine rings is 2. The van der Waals surface area contributed by atoms with Crippen molar-refractivity contribution in [3.63, 3.8) is 0 Å². The molecule has 0 spiro atoms. The van der Waals surface area contributed by atoms with Gasteiger partial charge in [0.2, 0.25) is 5.91 Å². The number of aromatic nitrogens is 1. The van der Waals surface area contributed by atoms with Gasteiger partial charge in [-0.3, -0.25) is 9.69 Å². The molecule has 9 heteroatoms. The highest BCUT2D eigenvalue weighted by atomic mass is 19.4. The lowest BCUT2D eigenvalue weighted by molar-refractivity contribution is -0.137. The zero-order valence-corrected chi connectivity index (χ0v) is 14.9. The number of likely N-dealkylation sites (N-methyl/N-ethyl adjacent to an activating group) is 1. The normalized spacial score (nSPS) is 20.5. The third kappa shape index (κ3) is 4.45. The molecule has 2 aliphatic heterocycles. The van der Waals surface area contributed by atoms with Gasteiger partial charge in [-0.05, 0) is 19.2 Å². The molecular formula is C17H24F3N5O. The van der Waals surface area contributed by atoms with Crippen LogP contribution in [0.5, 0.6) is 0 Å². The van der Waals surface area contributed by atoms with Gasteiger partial charge in [-0.15, -0.1) is 0 Å². The molecule has 0 N–H and O–H groups in total. The van der Waals surface area contributed by atoms with Gasteiger partial charge in [0.15, 0.2) is 0 Å². The lowest BCUT2D eigenvalue weighted by Crippen LogP contribution is -2.53. The minimum absolute atomic E-state index is 0.0475. The number of hydrogen-bond acceptors (Lipinski definition) is 5. The third-order valence-electron chi connectivity index (χ3n) is 4.98. The predicted molar refractivity (Wildman–Crippen MR) is 92.0 cm³/mol. The van der Waals surface area contributed by atoms with Crippen LogP contribution in [0.1, 0.15) is 5.56 Å². The first-order valence-corrected chi connectivity index (χ1v) is 8.80. The molecule has 0 radical (unpaired) electrons. The van der Waals surface area contributed by atoms with Crippen molar-refractivity contribution in [1.29, 1.82) is 0 Å². The average Bonchev–Trinajstić information content (AvgIpc) is 2.63. The predicted octanol–water partition coefficient (Wildman–Crippen LogP) is 0.996. The van der Waals surface area contributed by atoms with Gasteiger partial charge in [0.05, 0.1) is 12.1 Å². The fraction of sp³-hybridized carbons (Fsp3) is 0.647. The molecule has 6 nitrogen and oxygen atoms in total. The number of amides is 1. The van der Waals surface area contributed by atoms with Crippen LogP contribution in [-0.2, 0) is 11.0 Å². The molecule has 3 heterocycles. The number of carbonyl (C=O) groups is 1. The van der Waals surface area contributed by atoms with Crippen LogP contribution in [0, 0.1) is 0 Å². The number of nitrogens with zero attached hydrogens (tertiary/aromatic N) is 5. The average molecular weight is 371 g/mol. The van der Waals surface area contributed by atoms with E-state index in [4.69, 9.17) is 0 Å². The van der Waals surface area contributed by atoms with Crippen molar-refractivity contribution >= 4 is 11.7 Å². The number of alkyl halides is 3. The molecule has 3 rings (SSSR count). The van der Waals surface area contributed by atoms with E-state index >= 15 is 0 Å². The van der Waals surface area contributed by atoms with Crippen LogP contribution in [-0.4, -0.2) is 91.5 Å².